The standard InChI is InChI=1S/C14H19BO5/c1-17-10-5-3-9(4-6-10)15(16)13-12-7-11(18-2)8-19-14(12)20-13/h3-6,11-14,16H,7-8H2,1-2H3/t11?,12-,13?,14-/m1/s1. The number of benzene rings is 1. The van der Waals surface area contributed by atoms with Crippen LogP contribution in [0.3, 0.4) is 0 Å². The largest absolute Gasteiger partial charge is 0.497 e. The van der Waals surface area contributed by atoms with E-state index in [4.69, 9.17) is 18.9 Å². The van der Waals surface area contributed by atoms with E-state index in [1.165, 1.54) is 0 Å². The lowest BCUT2D eigenvalue weighted by Crippen LogP contribution is -2.64. The number of rotatable bonds is 4. The maximum absolute atomic E-state index is 10.4. The predicted molar refractivity (Wildman–Crippen MR) is 74.1 cm³/mol. The summed E-state index contributed by atoms with van der Waals surface area (Å²) in [5.74, 6) is 0.958. The van der Waals surface area contributed by atoms with Gasteiger partial charge in [0, 0.05) is 13.0 Å². The fourth-order valence-electron chi connectivity index (χ4n) is 2.87. The van der Waals surface area contributed by atoms with Crippen LogP contribution in [0.25, 0.3) is 0 Å². The minimum absolute atomic E-state index is 0.0886. The molecule has 0 aromatic heterocycles. The van der Waals surface area contributed by atoms with E-state index in [1.54, 1.807) is 14.2 Å². The molecule has 5 nitrogen and oxygen atoms in total. The van der Waals surface area contributed by atoms with Crippen LogP contribution in [-0.4, -0.2) is 51.2 Å². The highest BCUT2D eigenvalue weighted by Gasteiger charge is 2.52. The van der Waals surface area contributed by atoms with Crippen molar-refractivity contribution in [1.29, 1.82) is 0 Å². The van der Waals surface area contributed by atoms with Crippen molar-refractivity contribution in [2.75, 3.05) is 20.8 Å². The van der Waals surface area contributed by atoms with Gasteiger partial charge < -0.3 is 24.0 Å². The first-order chi connectivity index (χ1) is 9.72. The van der Waals surface area contributed by atoms with Crippen LogP contribution in [-0.2, 0) is 14.2 Å². The van der Waals surface area contributed by atoms with Crippen molar-refractivity contribution in [3.8, 4) is 5.75 Å². The molecule has 2 saturated heterocycles. The van der Waals surface area contributed by atoms with Crippen LogP contribution in [0, 0.1) is 5.92 Å². The van der Waals surface area contributed by atoms with Crippen LogP contribution in [0.1, 0.15) is 6.42 Å². The first-order valence-electron chi connectivity index (χ1n) is 6.85. The molecular weight excluding hydrogens is 259 g/mol. The summed E-state index contributed by atoms with van der Waals surface area (Å²) in [6.45, 7) is -0.0930. The first-order valence-corrected chi connectivity index (χ1v) is 6.85. The highest BCUT2D eigenvalue weighted by atomic mass is 16.7. The molecular formula is C14H19BO5. The minimum atomic E-state index is -0.652. The molecule has 2 aliphatic heterocycles. The van der Waals surface area contributed by atoms with Gasteiger partial charge in [0.05, 0.1) is 25.8 Å². The van der Waals surface area contributed by atoms with Crippen LogP contribution in [0.2, 0.25) is 0 Å². The van der Waals surface area contributed by atoms with E-state index < -0.39 is 6.92 Å². The third kappa shape index (κ3) is 2.44. The summed E-state index contributed by atoms with van der Waals surface area (Å²) < 4.78 is 21.6. The lowest BCUT2D eigenvalue weighted by Gasteiger charge is -2.49. The Balaban J connectivity index is 1.66. The van der Waals surface area contributed by atoms with Gasteiger partial charge in [-0.2, -0.15) is 0 Å². The van der Waals surface area contributed by atoms with Gasteiger partial charge in [-0.15, -0.1) is 0 Å². The summed E-state index contributed by atoms with van der Waals surface area (Å²) in [5, 5.41) is 10.4. The molecule has 20 heavy (non-hydrogen) atoms. The summed E-state index contributed by atoms with van der Waals surface area (Å²) in [5.41, 5.74) is 0.828. The van der Waals surface area contributed by atoms with Gasteiger partial charge in [0.15, 0.2) is 6.29 Å². The van der Waals surface area contributed by atoms with Gasteiger partial charge in [0.1, 0.15) is 5.75 Å². The van der Waals surface area contributed by atoms with Crippen LogP contribution in [0.4, 0.5) is 0 Å². The average Bonchev–Trinajstić information content (AvgIpc) is 2.48. The van der Waals surface area contributed by atoms with Gasteiger partial charge in [-0.1, -0.05) is 12.1 Å². The predicted octanol–water partition coefficient (Wildman–Crippen LogP) is 0.202. The molecule has 1 aromatic carbocycles. The van der Waals surface area contributed by atoms with E-state index in [-0.39, 0.29) is 24.3 Å². The molecule has 0 saturated carbocycles. The van der Waals surface area contributed by atoms with Crippen molar-refractivity contribution >= 4 is 12.4 Å². The van der Waals surface area contributed by atoms with Crippen LogP contribution >= 0.6 is 0 Å². The molecule has 2 heterocycles. The molecule has 108 valence electrons. The lowest BCUT2D eigenvalue weighted by molar-refractivity contribution is -0.315. The average molecular weight is 278 g/mol. The highest BCUT2D eigenvalue weighted by Crippen LogP contribution is 2.38. The molecule has 0 amide bonds. The number of hydrogen-bond acceptors (Lipinski definition) is 5. The zero-order chi connectivity index (χ0) is 14.1. The SMILES string of the molecule is COc1ccc(B(O)C2O[C@H]3OCC(OC)C[C@H]23)cc1. The summed E-state index contributed by atoms with van der Waals surface area (Å²) in [4.78, 5) is 0. The molecule has 2 aliphatic rings. The van der Waals surface area contributed by atoms with E-state index in [0.717, 1.165) is 17.6 Å². The van der Waals surface area contributed by atoms with Crippen molar-refractivity contribution in [3.05, 3.63) is 24.3 Å². The van der Waals surface area contributed by atoms with Gasteiger partial charge in [-0.25, -0.2) is 0 Å². The molecule has 6 heteroatoms. The Morgan fingerprint density at radius 3 is 2.65 bits per heavy atom. The number of methoxy groups -OCH3 is 2. The third-order valence-electron chi connectivity index (χ3n) is 4.15. The topological polar surface area (TPSA) is 57.2 Å². The van der Waals surface area contributed by atoms with Gasteiger partial charge in [0.25, 0.3) is 0 Å². The molecule has 0 spiro atoms. The maximum Gasteiger partial charge on any atom is 0.354 e. The van der Waals surface area contributed by atoms with E-state index in [1.807, 2.05) is 24.3 Å². The van der Waals surface area contributed by atoms with Crippen molar-refractivity contribution in [1.82, 2.24) is 0 Å². The Bertz CT molecular complexity index is 451. The van der Waals surface area contributed by atoms with Crippen LogP contribution < -0.4 is 10.2 Å². The first kappa shape index (κ1) is 13.9. The summed E-state index contributed by atoms with van der Waals surface area (Å²) in [6.07, 6.45) is 0.754. The van der Waals surface area contributed by atoms with Crippen LogP contribution in [0.5, 0.6) is 5.75 Å². The molecule has 3 rings (SSSR count). The third-order valence-corrected chi connectivity index (χ3v) is 4.15. The Morgan fingerprint density at radius 2 is 2.00 bits per heavy atom. The lowest BCUT2D eigenvalue weighted by atomic mass is 9.50. The van der Waals surface area contributed by atoms with Crippen LogP contribution in [0.15, 0.2) is 24.3 Å². The number of fused-ring (bicyclic) bond motifs is 1. The summed E-state index contributed by atoms with van der Waals surface area (Å²) >= 11 is 0. The smallest absolute Gasteiger partial charge is 0.354 e. The molecule has 0 radical (unpaired) electrons. The molecule has 2 unspecified atom stereocenters. The monoisotopic (exact) mass is 278 g/mol. The zero-order valence-corrected chi connectivity index (χ0v) is 11.7. The van der Waals surface area contributed by atoms with E-state index in [9.17, 15) is 5.02 Å². The fraction of sp³-hybridized carbons (Fsp3) is 0.571. The van der Waals surface area contributed by atoms with Crippen molar-refractivity contribution in [3.63, 3.8) is 0 Å². The van der Waals surface area contributed by atoms with E-state index in [2.05, 4.69) is 0 Å². The van der Waals surface area contributed by atoms with E-state index in [0.29, 0.717) is 6.61 Å². The Kier molecular flexibility index (Phi) is 3.98. The number of hydrogen-bond donors (Lipinski definition) is 1. The molecule has 2 fully saturated rings. The zero-order valence-electron chi connectivity index (χ0n) is 11.7. The highest BCUT2D eigenvalue weighted by molar-refractivity contribution is 6.67. The number of ether oxygens (including phenoxy) is 4. The maximum atomic E-state index is 10.4. The van der Waals surface area contributed by atoms with Gasteiger partial charge in [-0.05, 0) is 24.0 Å². The van der Waals surface area contributed by atoms with Crippen molar-refractivity contribution in [2.45, 2.75) is 24.8 Å². The van der Waals surface area contributed by atoms with Gasteiger partial charge >= 0.3 is 6.92 Å². The summed E-state index contributed by atoms with van der Waals surface area (Å²) in [7, 11) is 3.30. The normalized spacial score (nSPS) is 32.1. The Morgan fingerprint density at radius 1 is 1.25 bits per heavy atom. The second kappa shape index (κ2) is 5.73. The fourth-order valence-corrected chi connectivity index (χ4v) is 2.87. The van der Waals surface area contributed by atoms with Gasteiger partial charge in [-0.3, -0.25) is 0 Å². The van der Waals surface area contributed by atoms with Crippen molar-refractivity contribution < 1.29 is 24.0 Å². The molecule has 1 aromatic rings. The van der Waals surface area contributed by atoms with E-state index >= 15 is 0 Å². The molecule has 4 atom stereocenters. The van der Waals surface area contributed by atoms with Gasteiger partial charge in [0.2, 0.25) is 0 Å². The van der Waals surface area contributed by atoms with Crippen molar-refractivity contribution in [2.24, 2.45) is 5.92 Å². The molecule has 1 N–H and O–H groups in total. The molecule has 0 aliphatic carbocycles. The Labute approximate surface area is 118 Å². The molecule has 0 bridgehead atoms. The minimum Gasteiger partial charge on any atom is -0.497 e. The quantitative estimate of drug-likeness (QED) is 0.797. The second-order valence-corrected chi connectivity index (χ2v) is 5.28. The second-order valence-electron chi connectivity index (χ2n) is 5.28. The summed E-state index contributed by atoms with van der Waals surface area (Å²) in [6, 6.07) is 7.16. The Hall–Kier alpha value is -1.08.